The standard InChI is InChI=1S/C26H33FN4O3/c1-34-23-4-2-3-19(13-23)16-30(15-18-5-9-21(27)10-6-18)22-14-24(25(32)29-12-11-28)31(17-22)26(33)20-7-8-20/h2-6,9-10,13,20,22,24H,7-8,11-12,14-17,28H2,1H3,(H,29,32). The van der Waals surface area contributed by atoms with Crippen LogP contribution in [0.4, 0.5) is 4.39 Å². The van der Waals surface area contributed by atoms with Gasteiger partial charge in [0.25, 0.3) is 0 Å². The molecule has 1 aliphatic heterocycles. The Kier molecular flexibility index (Phi) is 7.80. The number of nitrogens with two attached hydrogens (primary N) is 1. The number of benzene rings is 2. The molecule has 3 N–H and O–H groups in total. The van der Waals surface area contributed by atoms with Gasteiger partial charge in [0.1, 0.15) is 17.6 Å². The van der Waals surface area contributed by atoms with Crippen molar-refractivity contribution in [3.05, 3.63) is 65.5 Å². The van der Waals surface area contributed by atoms with Gasteiger partial charge in [-0.3, -0.25) is 14.5 Å². The van der Waals surface area contributed by atoms with E-state index in [-0.39, 0.29) is 29.6 Å². The van der Waals surface area contributed by atoms with Gasteiger partial charge in [-0.1, -0.05) is 24.3 Å². The van der Waals surface area contributed by atoms with Crippen molar-refractivity contribution in [2.45, 2.75) is 44.4 Å². The van der Waals surface area contributed by atoms with Crippen molar-refractivity contribution < 1.29 is 18.7 Å². The summed E-state index contributed by atoms with van der Waals surface area (Å²) in [7, 11) is 1.64. The molecule has 1 aliphatic carbocycles. The van der Waals surface area contributed by atoms with Crippen LogP contribution in [0.1, 0.15) is 30.4 Å². The summed E-state index contributed by atoms with van der Waals surface area (Å²) in [5, 5.41) is 2.86. The van der Waals surface area contributed by atoms with Crippen molar-refractivity contribution in [1.82, 2.24) is 15.1 Å². The van der Waals surface area contributed by atoms with Gasteiger partial charge in [-0.25, -0.2) is 4.39 Å². The molecule has 1 heterocycles. The number of hydrogen-bond donors (Lipinski definition) is 2. The molecule has 34 heavy (non-hydrogen) atoms. The molecule has 2 aromatic rings. The first kappa shape index (κ1) is 24.2. The van der Waals surface area contributed by atoms with Crippen LogP contribution in [-0.2, 0) is 22.7 Å². The van der Waals surface area contributed by atoms with Crippen LogP contribution in [0.2, 0.25) is 0 Å². The van der Waals surface area contributed by atoms with E-state index in [4.69, 9.17) is 10.5 Å². The third kappa shape index (κ3) is 5.93. The van der Waals surface area contributed by atoms with Crippen LogP contribution in [0.15, 0.2) is 48.5 Å². The molecule has 8 heteroatoms. The Balaban J connectivity index is 1.58. The number of likely N-dealkylation sites (tertiary alicyclic amines) is 1. The molecule has 0 radical (unpaired) electrons. The van der Waals surface area contributed by atoms with E-state index in [0.29, 0.717) is 39.1 Å². The lowest BCUT2D eigenvalue weighted by Crippen LogP contribution is -2.47. The lowest BCUT2D eigenvalue weighted by atomic mass is 10.1. The van der Waals surface area contributed by atoms with Crippen molar-refractivity contribution in [2.24, 2.45) is 11.7 Å². The van der Waals surface area contributed by atoms with Gasteiger partial charge in [0, 0.05) is 44.7 Å². The predicted octanol–water partition coefficient (Wildman–Crippen LogP) is 2.29. The van der Waals surface area contributed by atoms with Crippen molar-refractivity contribution >= 4 is 11.8 Å². The molecular formula is C26H33FN4O3. The number of nitrogens with one attached hydrogen (secondary N) is 1. The Morgan fingerprint density at radius 2 is 1.88 bits per heavy atom. The van der Waals surface area contributed by atoms with Gasteiger partial charge in [0.2, 0.25) is 11.8 Å². The first-order valence-corrected chi connectivity index (χ1v) is 11.9. The fourth-order valence-corrected chi connectivity index (χ4v) is 4.59. The number of nitrogens with zero attached hydrogens (tertiary/aromatic N) is 2. The van der Waals surface area contributed by atoms with Gasteiger partial charge in [-0.05, 0) is 54.7 Å². The minimum Gasteiger partial charge on any atom is -0.497 e. The minimum atomic E-state index is -0.509. The minimum absolute atomic E-state index is 0.0208. The first-order valence-electron chi connectivity index (χ1n) is 11.9. The number of rotatable bonds is 10. The van der Waals surface area contributed by atoms with Gasteiger partial charge in [-0.15, -0.1) is 0 Å². The molecular weight excluding hydrogens is 435 g/mol. The molecule has 2 fully saturated rings. The second-order valence-corrected chi connectivity index (χ2v) is 9.13. The molecule has 1 saturated heterocycles. The Labute approximate surface area is 200 Å². The third-order valence-electron chi connectivity index (χ3n) is 6.57. The SMILES string of the molecule is COc1cccc(CN(Cc2ccc(F)cc2)C2CC(C(=O)NCCN)N(C(=O)C3CC3)C2)c1. The summed E-state index contributed by atoms with van der Waals surface area (Å²) in [6.07, 6.45) is 2.32. The number of halogens is 1. The van der Waals surface area contributed by atoms with E-state index in [2.05, 4.69) is 10.2 Å². The van der Waals surface area contributed by atoms with Gasteiger partial charge >= 0.3 is 0 Å². The highest BCUT2D eigenvalue weighted by atomic mass is 19.1. The summed E-state index contributed by atoms with van der Waals surface area (Å²) in [5.41, 5.74) is 7.61. The van der Waals surface area contributed by atoms with Crippen molar-refractivity contribution in [3.63, 3.8) is 0 Å². The third-order valence-corrected chi connectivity index (χ3v) is 6.57. The zero-order valence-electron chi connectivity index (χ0n) is 19.6. The van der Waals surface area contributed by atoms with E-state index in [1.807, 2.05) is 24.3 Å². The van der Waals surface area contributed by atoms with E-state index < -0.39 is 6.04 Å². The quantitative estimate of drug-likeness (QED) is 0.559. The van der Waals surface area contributed by atoms with Crippen molar-refractivity contribution in [2.75, 3.05) is 26.7 Å². The Hall–Kier alpha value is -2.97. The normalized spacial score (nSPS) is 19.9. The van der Waals surface area contributed by atoms with E-state index >= 15 is 0 Å². The fraction of sp³-hybridized carbons (Fsp3) is 0.462. The molecule has 0 bridgehead atoms. The van der Waals surface area contributed by atoms with Crippen molar-refractivity contribution in [3.8, 4) is 5.75 Å². The van der Waals surface area contributed by atoms with E-state index in [1.165, 1.54) is 12.1 Å². The molecule has 182 valence electrons. The lowest BCUT2D eigenvalue weighted by Gasteiger charge is -2.29. The fourth-order valence-electron chi connectivity index (χ4n) is 4.59. The maximum Gasteiger partial charge on any atom is 0.242 e. The van der Waals surface area contributed by atoms with Gasteiger partial charge in [0.15, 0.2) is 0 Å². The van der Waals surface area contributed by atoms with E-state index in [0.717, 1.165) is 29.7 Å². The molecule has 2 atom stereocenters. The number of carbonyl (C=O) groups is 2. The summed E-state index contributed by atoms with van der Waals surface area (Å²) in [4.78, 5) is 30.0. The molecule has 2 unspecified atom stereocenters. The summed E-state index contributed by atoms with van der Waals surface area (Å²) < 4.78 is 18.9. The van der Waals surface area contributed by atoms with Gasteiger partial charge in [-0.2, -0.15) is 0 Å². The molecule has 4 rings (SSSR count). The van der Waals surface area contributed by atoms with Crippen LogP contribution in [0.3, 0.4) is 0 Å². The predicted molar refractivity (Wildman–Crippen MR) is 127 cm³/mol. The Bertz CT molecular complexity index is 996. The second-order valence-electron chi connectivity index (χ2n) is 9.13. The highest BCUT2D eigenvalue weighted by Crippen LogP contribution is 2.35. The van der Waals surface area contributed by atoms with Gasteiger partial charge in [0.05, 0.1) is 7.11 Å². The van der Waals surface area contributed by atoms with Crippen molar-refractivity contribution in [1.29, 1.82) is 0 Å². The van der Waals surface area contributed by atoms with Crippen LogP contribution >= 0.6 is 0 Å². The first-order chi connectivity index (χ1) is 16.5. The molecule has 0 aromatic heterocycles. The maximum atomic E-state index is 13.5. The van der Waals surface area contributed by atoms with E-state index in [1.54, 1.807) is 24.1 Å². The van der Waals surface area contributed by atoms with Crippen LogP contribution in [0.25, 0.3) is 0 Å². The smallest absolute Gasteiger partial charge is 0.242 e. The summed E-state index contributed by atoms with van der Waals surface area (Å²) in [5.74, 6) is 0.452. The largest absolute Gasteiger partial charge is 0.497 e. The van der Waals surface area contributed by atoms with Crippen LogP contribution < -0.4 is 15.8 Å². The van der Waals surface area contributed by atoms with Crippen LogP contribution in [-0.4, -0.2) is 60.4 Å². The number of methoxy groups -OCH3 is 1. The molecule has 1 saturated carbocycles. The zero-order valence-corrected chi connectivity index (χ0v) is 19.6. The number of amides is 2. The summed E-state index contributed by atoms with van der Waals surface area (Å²) in [6.45, 7) is 2.41. The average Bonchev–Trinajstić information content (AvgIpc) is 3.61. The molecule has 0 spiro atoms. The lowest BCUT2D eigenvalue weighted by molar-refractivity contribution is -0.139. The zero-order chi connectivity index (χ0) is 24.1. The Morgan fingerprint density at radius 1 is 1.15 bits per heavy atom. The van der Waals surface area contributed by atoms with Gasteiger partial charge < -0.3 is 20.7 Å². The summed E-state index contributed by atoms with van der Waals surface area (Å²) in [6, 6.07) is 13.8. The highest BCUT2D eigenvalue weighted by molar-refractivity contribution is 5.90. The average molecular weight is 469 g/mol. The summed E-state index contributed by atoms with van der Waals surface area (Å²) >= 11 is 0. The topological polar surface area (TPSA) is 87.9 Å². The van der Waals surface area contributed by atoms with Crippen LogP contribution in [0, 0.1) is 11.7 Å². The molecule has 2 aromatic carbocycles. The number of carbonyl (C=O) groups excluding carboxylic acids is 2. The number of ether oxygens (including phenoxy) is 1. The van der Waals surface area contributed by atoms with Crippen LogP contribution in [0.5, 0.6) is 5.75 Å². The molecule has 2 amide bonds. The molecule has 7 nitrogen and oxygen atoms in total. The maximum absolute atomic E-state index is 13.5. The molecule has 2 aliphatic rings. The Morgan fingerprint density at radius 3 is 2.56 bits per heavy atom. The number of hydrogen-bond acceptors (Lipinski definition) is 5. The second kappa shape index (κ2) is 11.0. The highest BCUT2D eigenvalue weighted by Gasteiger charge is 2.45. The monoisotopic (exact) mass is 468 g/mol. The van der Waals surface area contributed by atoms with E-state index in [9.17, 15) is 14.0 Å².